The monoisotopic (exact) mass is 458 g/mol. The van der Waals surface area contributed by atoms with Crippen LogP contribution in [0.25, 0.3) is 0 Å². The fourth-order valence-corrected chi connectivity index (χ4v) is 5.69. The van der Waals surface area contributed by atoms with E-state index in [1.165, 1.54) is 12.7 Å². The number of nitrogens with zero attached hydrogens (tertiary/aromatic N) is 4. The van der Waals surface area contributed by atoms with Crippen LogP contribution in [0.15, 0.2) is 29.6 Å². The molecule has 2 N–H and O–H groups in total. The molecule has 2 aromatic heterocycles. The number of anilines is 1. The van der Waals surface area contributed by atoms with Crippen LogP contribution in [0.4, 0.5) is 5.69 Å². The van der Waals surface area contributed by atoms with E-state index in [1.54, 1.807) is 18.5 Å². The highest BCUT2D eigenvalue weighted by Gasteiger charge is 2.56. The molecule has 1 amide bonds. The van der Waals surface area contributed by atoms with Crippen molar-refractivity contribution >= 4 is 23.2 Å². The number of hydrogen-bond acceptors (Lipinski definition) is 6. The maximum absolute atomic E-state index is 12.8. The summed E-state index contributed by atoms with van der Waals surface area (Å²) in [6.07, 6.45) is 7.63. The van der Waals surface area contributed by atoms with E-state index in [4.69, 9.17) is 11.6 Å². The Morgan fingerprint density at radius 3 is 2.78 bits per heavy atom. The molecule has 3 aliphatic rings. The van der Waals surface area contributed by atoms with E-state index in [0.29, 0.717) is 35.3 Å². The Morgan fingerprint density at radius 1 is 1.38 bits per heavy atom. The highest BCUT2D eigenvalue weighted by Crippen LogP contribution is 2.61. The van der Waals surface area contributed by atoms with Gasteiger partial charge in [0.25, 0.3) is 5.56 Å². The molecule has 9 heteroatoms. The molecular weight excluding hydrogens is 428 g/mol. The fraction of sp³-hybridized carbons (Fsp3) is 0.609. The van der Waals surface area contributed by atoms with Crippen molar-refractivity contribution in [2.24, 2.45) is 23.2 Å². The second-order valence-electron chi connectivity index (χ2n) is 9.70. The number of nitrogens with one attached hydrogen (secondary N) is 2. The van der Waals surface area contributed by atoms with Crippen LogP contribution >= 0.6 is 11.6 Å². The lowest BCUT2D eigenvalue weighted by Gasteiger charge is -2.62. The van der Waals surface area contributed by atoms with Crippen molar-refractivity contribution in [2.75, 3.05) is 5.32 Å². The molecule has 8 nitrogen and oxygen atoms in total. The average molecular weight is 459 g/mol. The highest BCUT2D eigenvalue weighted by atomic mass is 35.5. The van der Waals surface area contributed by atoms with Gasteiger partial charge in [-0.2, -0.15) is 5.10 Å². The quantitative estimate of drug-likeness (QED) is 0.659. The van der Waals surface area contributed by atoms with E-state index in [2.05, 4.69) is 46.5 Å². The van der Waals surface area contributed by atoms with Gasteiger partial charge in [0, 0.05) is 12.2 Å². The molecule has 5 rings (SSSR count). The summed E-state index contributed by atoms with van der Waals surface area (Å²) in [5.74, 6) is 1.53. The third kappa shape index (κ3) is 4.12. The molecule has 3 saturated carbocycles. The Bertz CT molecular complexity index is 1040. The summed E-state index contributed by atoms with van der Waals surface area (Å²) in [4.78, 5) is 33.4. The van der Waals surface area contributed by atoms with E-state index >= 15 is 0 Å². The van der Waals surface area contributed by atoms with Crippen molar-refractivity contribution in [1.82, 2.24) is 25.1 Å². The van der Waals surface area contributed by atoms with Gasteiger partial charge in [-0.1, -0.05) is 39.3 Å². The van der Waals surface area contributed by atoms with Crippen molar-refractivity contribution in [3.05, 3.63) is 45.9 Å². The molecule has 3 aliphatic carbocycles. The van der Waals surface area contributed by atoms with Crippen LogP contribution in [-0.4, -0.2) is 31.7 Å². The van der Waals surface area contributed by atoms with Crippen molar-refractivity contribution in [3.8, 4) is 0 Å². The predicted octanol–water partition coefficient (Wildman–Crippen LogP) is 3.44. The zero-order chi connectivity index (χ0) is 23.0. The van der Waals surface area contributed by atoms with Gasteiger partial charge in [0.05, 0.1) is 23.6 Å². The average Bonchev–Trinajstić information content (AvgIpc) is 2.78. The molecule has 2 aromatic rings. The summed E-state index contributed by atoms with van der Waals surface area (Å²) >= 11 is 6.40. The Hall–Kier alpha value is -2.48. The van der Waals surface area contributed by atoms with Crippen LogP contribution in [0.3, 0.4) is 0 Å². The first-order valence-corrected chi connectivity index (χ1v) is 11.7. The Labute approximate surface area is 193 Å². The summed E-state index contributed by atoms with van der Waals surface area (Å²) in [6.45, 7) is 8.72. The second-order valence-corrected chi connectivity index (χ2v) is 10.1. The van der Waals surface area contributed by atoms with Crippen LogP contribution in [-0.2, 0) is 11.3 Å². The van der Waals surface area contributed by atoms with Gasteiger partial charge in [-0.25, -0.2) is 14.6 Å². The molecular formula is C23H31ClN6O2. The van der Waals surface area contributed by atoms with Gasteiger partial charge in [-0.05, 0) is 48.5 Å². The first-order valence-electron chi connectivity index (χ1n) is 11.3. The minimum Gasteiger partial charge on any atom is -0.379 e. The van der Waals surface area contributed by atoms with E-state index < -0.39 is 5.56 Å². The number of hydrogen-bond donors (Lipinski definition) is 2. The summed E-state index contributed by atoms with van der Waals surface area (Å²) in [5, 5.41) is 10.6. The zero-order valence-electron chi connectivity index (χ0n) is 19.0. The van der Waals surface area contributed by atoms with Crippen molar-refractivity contribution in [1.29, 1.82) is 0 Å². The Kier molecular flexibility index (Phi) is 6.25. The number of aromatic nitrogens is 4. The number of fused-ring (bicyclic) bond motifs is 2. The molecule has 0 aliphatic heterocycles. The number of amides is 1. The Balaban J connectivity index is 1.42. The minimum atomic E-state index is -0.476. The van der Waals surface area contributed by atoms with Crippen LogP contribution in [0.5, 0.6) is 0 Å². The maximum Gasteiger partial charge on any atom is 0.288 e. The molecule has 5 atom stereocenters. The molecule has 0 aromatic carbocycles. The van der Waals surface area contributed by atoms with Gasteiger partial charge in [0.15, 0.2) is 0 Å². The third-order valence-electron chi connectivity index (χ3n) is 7.68. The lowest BCUT2D eigenvalue weighted by Crippen LogP contribution is -2.58. The topological polar surface area (TPSA) is 102 Å². The standard InChI is InChI=1S/C23H31ClN6O2/c1-5-16(17-6-7-25-12-26-17)29-20(31)11-30-22(32)21(24)19(10-27-30)28-18-9-14-8-15(13(18)2)23(14,3)4/h6-7,10,12-16,18,28H,5,8-9,11H2,1-4H3,(H,29,31)/t13-,14-,15+,16?,18-/m1/s1. The molecule has 0 spiro atoms. The fourth-order valence-electron chi connectivity index (χ4n) is 5.49. The van der Waals surface area contributed by atoms with Gasteiger partial charge < -0.3 is 10.6 Å². The van der Waals surface area contributed by atoms with E-state index in [-0.39, 0.29) is 29.6 Å². The van der Waals surface area contributed by atoms with Crippen LogP contribution in [0.2, 0.25) is 5.02 Å². The zero-order valence-corrected chi connectivity index (χ0v) is 19.8. The van der Waals surface area contributed by atoms with Gasteiger partial charge in [-0.3, -0.25) is 9.59 Å². The van der Waals surface area contributed by atoms with Gasteiger partial charge in [0.2, 0.25) is 5.91 Å². The minimum absolute atomic E-state index is 0.0707. The van der Waals surface area contributed by atoms with Crippen LogP contribution < -0.4 is 16.2 Å². The van der Waals surface area contributed by atoms with Gasteiger partial charge >= 0.3 is 0 Å². The molecule has 32 heavy (non-hydrogen) atoms. The highest BCUT2D eigenvalue weighted by molar-refractivity contribution is 6.32. The van der Waals surface area contributed by atoms with Crippen LogP contribution in [0.1, 0.15) is 58.7 Å². The largest absolute Gasteiger partial charge is 0.379 e. The first kappa shape index (κ1) is 22.7. The van der Waals surface area contributed by atoms with E-state index in [9.17, 15) is 9.59 Å². The van der Waals surface area contributed by atoms with Crippen LogP contribution in [0, 0.1) is 23.2 Å². The van der Waals surface area contributed by atoms with E-state index in [0.717, 1.165) is 16.8 Å². The SMILES string of the molecule is CCC(NC(=O)Cn1ncc(N[C@@H]2C[C@H]3C[C@@H]([C@H]2C)C3(C)C)c(Cl)c1=O)c1ccncn1. The summed E-state index contributed by atoms with van der Waals surface area (Å²) in [7, 11) is 0. The van der Waals surface area contributed by atoms with Crippen molar-refractivity contribution < 1.29 is 4.79 Å². The van der Waals surface area contributed by atoms with Gasteiger partial charge in [0.1, 0.15) is 17.9 Å². The molecule has 2 bridgehead atoms. The number of rotatable bonds is 7. The molecule has 2 heterocycles. The number of carbonyl (C=O) groups excluding carboxylic acids is 1. The second kappa shape index (κ2) is 8.81. The molecule has 1 unspecified atom stereocenters. The summed E-state index contributed by atoms with van der Waals surface area (Å²) in [6, 6.07) is 1.76. The molecule has 3 fully saturated rings. The number of carbonyl (C=O) groups is 1. The Morgan fingerprint density at radius 2 is 2.16 bits per heavy atom. The third-order valence-corrected chi connectivity index (χ3v) is 8.04. The smallest absolute Gasteiger partial charge is 0.288 e. The number of halogens is 1. The van der Waals surface area contributed by atoms with E-state index in [1.807, 2.05) is 6.92 Å². The molecule has 0 saturated heterocycles. The molecule has 172 valence electrons. The molecule has 0 radical (unpaired) electrons. The first-order chi connectivity index (χ1) is 15.2. The lowest BCUT2D eigenvalue weighted by molar-refractivity contribution is -0.122. The maximum atomic E-state index is 12.8. The van der Waals surface area contributed by atoms with Crippen molar-refractivity contribution in [2.45, 2.75) is 65.6 Å². The summed E-state index contributed by atoms with van der Waals surface area (Å²) < 4.78 is 1.10. The summed E-state index contributed by atoms with van der Waals surface area (Å²) in [5.41, 5.74) is 1.17. The van der Waals surface area contributed by atoms with Crippen molar-refractivity contribution in [3.63, 3.8) is 0 Å². The van der Waals surface area contributed by atoms with Gasteiger partial charge in [-0.15, -0.1) is 0 Å². The predicted molar refractivity (Wildman–Crippen MR) is 123 cm³/mol. The lowest BCUT2D eigenvalue weighted by atomic mass is 9.45. The normalized spacial score (nSPS) is 26.7.